The highest BCUT2D eigenvalue weighted by Gasteiger charge is 2.22. The third-order valence-corrected chi connectivity index (χ3v) is 5.16. The Morgan fingerprint density at radius 2 is 1.88 bits per heavy atom. The first-order chi connectivity index (χ1) is 12.3. The van der Waals surface area contributed by atoms with E-state index in [4.69, 9.17) is 23.2 Å². The van der Waals surface area contributed by atoms with E-state index < -0.39 is 17.0 Å². The number of halogens is 2. The standard InChI is InChI=1S/C18H16Cl2N2O3S/c1-9(22-26(2)25)13-4-3-5-14-15(17(18(23)24)21-16(13)14)10-6-11(19)8-12(20)7-10/h3-9,21-22H,1-2H3,(H,23,24). The first-order valence-electron chi connectivity index (χ1n) is 7.72. The van der Waals surface area contributed by atoms with Crippen LogP contribution in [0, 0.1) is 0 Å². The molecule has 0 aliphatic heterocycles. The number of hydrogen-bond donors (Lipinski definition) is 3. The predicted molar refractivity (Wildman–Crippen MR) is 106 cm³/mol. The monoisotopic (exact) mass is 410 g/mol. The van der Waals surface area contributed by atoms with Crippen LogP contribution in [0.5, 0.6) is 0 Å². The zero-order valence-corrected chi connectivity index (χ0v) is 16.3. The Kier molecular flexibility index (Phi) is 5.39. The van der Waals surface area contributed by atoms with E-state index in [1.54, 1.807) is 24.5 Å². The molecular weight excluding hydrogens is 395 g/mol. The maximum atomic E-state index is 11.8. The first kappa shape index (κ1) is 18.9. The van der Waals surface area contributed by atoms with Crippen LogP contribution in [0.3, 0.4) is 0 Å². The number of carbonyl (C=O) groups is 1. The van der Waals surface area contributed by atoms with Crippen LogP contribution in [-0.2, 0) is 11.0 Å². The number of rotatable bonds is 5. The number of aromatic amines is 1. The van der Waals surface area contributed by atoms with Gasteiger partial charge in [-0.1, -0.05) is 41.4 Å². The number of hydrogen-bond acceptors (Lipinski definition) is 2. The molecule has 1 heterocycles. The van der Waals surface area contributed by atoms with Crippen molar-refractivity contribution in [2.24, 2.45) is 0 Å². The Balaban J connectivity index is 2.30. The topological polar surface area (TPSA) is 82.2 Å². The number of para-hydroxylation sites is 1. The van der Waals surface area contributed by atoms with Gasteiger partial charge in [0, 0.05) is 33.3 Å². The van der Waals surface area contributed by atoms with Crippen LogP contribution in [0.4, 0.5) is 0 Å². The summed E-state index contributed by atoms with van der Waals surface area (Å²) in [5, 5.41) is 11.3. The normalized spacial score (nSPS) is 13.7. The highest BCUT2D eigenvalue weighted by Crippen LogP contribution is 2.37. The molecule has 0 aliphatic carbocycles. The molecule has 136 valence electrons. The lowest BCUT2D eigenvalue weighted by Crippen LogP contribution is -2.20. The fraction of sp³-hybridized carbons (Fsp3) is 0.167. The summed E-state index contributed by atoms with van der Waals surface area (Å²) in [6, 6.07) is 10.3. The SMILES string of the molecule is CC(NS(C)=O)c1cccc2c(-c3cc(Cl)cc(Cl)c3)c(C(=O)O)[nH]c12. The molecule has 8 heteroatoms. The number of aromatic nitrogens is 1. The van der Waals surface area contributed by atoms with Gasteiger partial charge in [0.15, 0.2) is 0 Å². The summed E-state index contributed by atoms with van der Waals surface area (Å²) in [7, 11) is -1.20. The number of fused-ring (bicyclic) bond motifs is 1. The van der Waals surface area contributed by atoms with Crippen LogP contribution in [0.2, 0.25) is 10.0 Å². The van der Waals surface area contributed by atoms with E-state index in [2.05, 4.69) is 9.71 Å². The number of carboxylic acids is 1. The van der Waals surface area contributed by atoms with Crippen molar-refractivity contribution in [1.82, 2.24) is 9.71 Å². The van der Waals surface area contributed by atoms with Crippen molar-refractivity contribution < 1.29 is 14.1 Å². The molecule has 3 aromatic rings. The van der Waals surface area contributed by atoms with Crippen LogP contribution in [0.15, 0.2) is 36.4 Å². The summed E-state index contributed by atoms with van der Waals surface area (Å²) in [5.74, 6) is -1.09. The lowest BCUT2D eigenvalue weighted by molar-refractivity contribution is 0.0692. The number of H-pyrrole nitrogens is 1. The zero-order valence-electron chi connectivity index (χ0n) is 14.0. The lowest BCUT2D eigenvalue weighted by Gasteiger charge is -2.13. The lowest BCUT2D eigenvalue weighted by atomic mass is 9.99. The summed E-state index contributed by atoms with van der Waals surface area (Å²) < 4.78 is 14.4. The van der Waals surface area contributed by atoms with Crippen molar-refractivity contribution >= 4 is 51.1 Å². The second-order valence-electron chi connectivity index (χ2n) is 5.90. The fourth-order valence-electron chi connectivity index (χ4n) is 3.07. The van der Waals surface area contributed by atoms with Gasteiger partial charge >= 0.3 is 5.97 Å². The highest BCUT2D eigenvalue weighted by molar-refractivity contribution is 7.82. The van der Waals surface area contributed by atoms with Gasteiger partial charge < -0.3 is 10.1 Å². The smallest absolute Gasteiger partial charge is 0.352 e. The second kappa shape index (κ2) is 7.40. The first-order valence-corrected chi connectivity index (χ1v) is 10.0. The van der Waals surface area contributed by atoms with Gasteiger partial charge in [0.05, 0.1) is 16.5 Å². The summed E-state index contributed by atoms with van der Waals surface area (Å²) in [6.07, 6.45) is 1.55. The summed E-state index contributed by atoms with van der Waals surface area (Å²) in [4.78, 5) is 14.8. The van der Waals surface area contributed by atoms with E-state index >= 15 is 0 Å². The highest BCUT2D eigenvalue weighted by atomic mass is 35.5. The van der Waals surface area contributed by atoms with Crippen LogP contribution in [-0.4, -0.2) is 26.5 Å². The molecule has 2 unspecified atom stereocenters. The van der Waals surface area contributed by atoms with E-state index in [1.807, 2.05) is 25.1 Å². The molecule has 0 saturated carbocycles. The van der Waals surface area contributed by atoms with Crippen molar-refractivity contribution in [2.45, 2.75) is 13.0 Å². The van der Waals surface area contributed by atoms with E-state index in [-0.39, 0.29) is 11.7 Å². The van der Waals surface area contributed by atoms with E-state index in [1.165, 1.54) is 0 Å². The average molecular weight is 411 g/mol. The fourth-order valence-corrected chi connectivity index (χ4v) is 4.22. The number of aromatic carboxylic acids is 1. The maximum absolute atomic E-state index is 11.8. The Morgan fingerprint density at radius 3 is 2.46 bits per heavy atom. The summed E-state index contributed by atoms with van der Waals surface area (Å²) >= 11 is 12.2. The van der Waals surface area contributed by atoms with Crippen molar-refractivity contribution in [3.8, 4) is 11.1 Å². The Bertz CT molecular complexity index is 1010. The van der Waals surface area contributed by atoms with Crippen LogP contribution >= 0.6 is 23.2 Å². The summed E-state index contributed by atoms with van der Waals surface area (Å²) in [5.41, 5.74) is 2.67. The number of nitrogens with one attached hydrogen (secondary N) is 2. The molecule has 2 aromatic carbocycles. The molecule has 0 saturated heterocycles. The quantitative estimate of drug-likeness (QED) is 0.565. The molecule has 0 amide bonds. The molecule has 0 spiro atoms. The molecule has 0 radical (unpaired) electrons. The Hall–Kier alpha value is -1.86. The van der Waals surface area contributed by atoms with Gasteiger partial charge in [0.1, 0.15) is 5.69 Å². The molecule has 3 N–H and O–H groups in total. The molecule has 26 heavy (non-hydrogen) atoms. The summed E-state index contributed by atoms with van der Waals surface area (Å²) in [6.45, 7) is 1.87. The number of carboxylic acid groups (broad SMARTS) is 1. The number of benzene rings is 2. The van der Waals surface area contributed by atoms with Crippen LogP contribution < -0.4 is 4.72 Å². The van der Waals surface area contributed by atoms with Gasteiger partial charge in [0.25, 0.3) is 0 Å². The van der Waals surface area contributed by atoms with Gasteiger partial charge in [-0.2, -0.15) is 0 Å². The van der Waals surface area contributed by atoms with Crippen molar-refractivity contribution in [1.29, 1.82) is 0 Å². The third kappa shape index (κ3) is 3.64. The molecule has 5 nitrogen and oxygen atoms in total. The van der Waals surface area contributed by atoms with E-state index in [0.29, 0.717) is 26.7 Å². The Labute approximate surface area is 162 Å². The van der Waals surface area contributed by atoms with Gasteiger partial charge in [-0.3, -0.25) is 0 Å². The zero-order chi connectivity index (χ0) is 19.0. The molecule has 0 bridgehead atoms. The van der Waals surface area contributed by atoms with Crippen molar-refractivity contribution in [3.05, 3.63) is 57.7 Å². The minimum Gasteiger partial charge on any atom is -0.477 e. The van der Waals surface area contributed by atoms with Crippen LogP contribution in [0.1, 0.15) is 29.0 Å². The van der Waals surface area contributed by atoms with Crippen molar-refractivity contribution in [3.63, 3.8) is 0 Å². The van der Waals surface area contributed by atoms with Gasteiger partial charge in [-0.05, 0) is 36.2 Å². The molecule has 2 atom stereocenters. The minimum atomic E-state index is -1.20. The Morgan fingerprint density at radius 1 is 1.23 bits per heavy atom. The minimum absolute atomic E-state index is 0.0515. The molecular formula is C18H16Cl2N2O3S. The maximum Gasteiger partial charge on any atom is 0.352 e. The van der Waals surface area contributed by atoms with E-state index in [9.17, 15) is 14.1 Å². The third-order valence-electron chi connectivity index (χ3n) is 4.04. The molecule has 0 aliphatic rings. The van der Waals surface area contributed by atoms with Crippen molar-refractivity contribution in [2.75, 3.05) is 6.26 Å². The molecule has 1 aromatic heterocycles. The largest absolute Gasteiger partial charge is 0.477 e. The van der Waals surface area contributed by atoms with Gasteiger partial charge in [-0.25, -0.2) is 13.7 Å². The second-order valence-corrected chi connectivity index (χ2v) is 7.92. The average Bonchev–Trinajstić information content (AvgIpc) is 2.92. The predicted octanol–water partition coefficient (Wildman–Crippen LogP) is 4.78. The molecule has 3 rings (SSSR count). The van der Waals surface area contributed by atoms with Gasteiger partial charge in [0.2, 0.25) is 0 Å². The molecule has 0 fully saturated rings. The van der Waals surface area contributed by atoms with E-state index in [0.717, 1.165) is 10.9 Å². The van der Waals surface area contributed by atoms with Gasteiger partial charge in [-0.15, -0.1) is 0 Å². The van der Waals surface area contributed by atoms with Crippen LogP contribution in [0.25, 0.3) is 22.0 Å².